The van der Waals surface area contributed by atoms with Crippen molar-refractivity contribution in [2.75, 3.05) is 18.9 Å². The third-order valence-electron chi connectivity index (χ3n) is 2.74. The molecule has 5 nitrogen and oxygen atoms in total. The summed E-state index contributed by atoms with van der Waals surface area (Å²) in [5.74, 6) is -0.521. The summed E-state index contributed by atoms with van der Waals surface area (Å²) in [6.07, 6.45) is 1.30. The predicted octanol–water partition coefficient (Wildman–Crippen LogP) is 1.09. The van der Waals surface area contributed by atoms with E-state index in [9.17, 15) is 12.8 Å². The Balaban J connectivity index is 2.64. The average Bonchev–Trinajstić information content (AvgIpc) is 2.37. The van der Waals surface area contributed by atoms with Gasteiger partial charge in [-0.2, -0.15) is 0 Å². The van der Waals surface area contributed by atoms with E-state index in [0.29, 0.717) is 12.8 Å². The zero-order valence-corrected chi connectivity index (χ0v) is 11.6. The monoisotopic (exact) mass is 290 g/mol. The Hall–Kier alpha value is -1.18. The molecule has 0 heterocycles. The molecular formula is C12H19FN2O3S. The molecule has 0 spiro atoms. The Morgan fingerprint density at radius 1 is 1.47 bits per heavy atom. The van der Waals surface area contributed by atoms with Crippen molar-refractivity contribution in [1.82, 2.24) is 4.72 Å². The first-order chi connectivity index (χ1) is 8.86. The van der Waals surface area contributed by atoms with E-state index in [1.54, 1.807) is 0 Å². The van der Waals surface area contributed by atoms with E-state index in [4.69, 9.17) is 10.8 Å². The number of halogens is 1. The quantitative estimate of drug-likeness (QED) is 0.518. The van der Waals surface area contributed by atoms with Gasteiger partial charge in [0, 0.05) is 13.2 Å². The normalized spacial score (nSPS) is 13.4. The van der Waals surface area contributed by atoms with E-state index < -0.39 is 15.8 Å². The first kappa shape index (κ1) is 15.9. The lowest BCUT2D eigenvalue weighted by Gasteiger charge is -2.10. The standard InChI is InChI=1S/C12H19FN2O3S/c1-9(8-16)3-2-6-15-19(17,18)12-7-10(13)4-5-11(12)14/h4-5,7,9,15-16H,2-3,6,8,14H2,1H3. The summed E-state index contributed by atoms with van der Waals surface area (Å²) in [5.41, 5.74) is 5.54. The van der Waals surface area contributed by atoms with Crippen LogP contribution in [0.25, 0.3) is 0 Å². The van der Waals surface area contributed by atoms with Crippen LogP contribution < -0.4 is 10.5 Å². The molecule has 0 aliphatic rings. The number of anilines is 1. The van der Waals surface area contributed by atoms with Gasteiger partial charge < -0.3 is 10.8 Å². The van der Waals surface area contributed by atoms with Gasteiger partial charge in [-0.1, -0.05) is 6.92 Å². The number of benzene rings is 1. The van der Waals surface area contributed by atoms with Gasteiger partial charge in [0.15, 0.2) is 0 Å². The number of aliphatic hydroxyl groups is 1. The lowest BCUT2D eigenvalue weighted by molar-refractivity contribution is 0.228. The second-order valence-electron chi connectivity index (χ2n) is 4.51. The third-order valence-corrected chi connectivity index (χ3v) is 4.26. The second kappa shape index (κ2) is 6.83. The highest BCUT2D eigenvalue weighted by Crippen LogP contribution is 2.19. The van der Waals surface area contributed by atoms with Crippen molar-refractivity contribution >= 4 is 15.7 Å². The molecule has 19 heavy (non-hydrogen) atoms. The fourth-order valence-electron chi connectivity index (χ4n) is 1.57. The molecular weight excluding hydrogens is 271 g/mol. The molecule has 0 bridgehead atoms. The molecule has 0 aromatic heterocycles. The lowest BCUT2D eigenvalue weighted by atomic mass is 10.1. The fraction of sp³-hybridized carbons (Fsp3) is 0.500. The molecule has 1 atom stereocenters. The maximum Gasteiger partial charge on any atom is 0.242 e. The van der Waals surface area contributed by atoms with E-state index in [1.807, 2.05) is 6.92 Å². The maximum atomic E-state index is 13.0. The van der Waals surface area contributed by atoms with Gasteiger partial charge >= 0.3 is 0 Å². The lowest BCUT2D eigenvalue weighted by Crippen LogP contribution is -2.26. The van der Waals surface area contributed by atoms with E-state index in [1.165, 1.54) is 6.07 Å². The number of nitrogens with two attached hydrogens (primary N) is 1. The zero-order valence-electron chi connectivity index (χ0n) is 10.8. The molecule has 108 valence electrons. The van der Waals surface area contributed by atoms with Crippen LogP contribution in [0, 0.1) is 11.7 Å². The number of sulfonamides is 1. The molecule has 0 saturated heterocycles. The van der Waals surface area contributed by atoms with Crippen LogP contribution in [0.1, 0.15) is 19.8 Å². The molecule has 0 aliphatic heterocycles. The van der Waals surface area contributed by atoms with Gasteiger partial charge in [-0.3, -0.25) is 0 Å². The summed E-state index contributed by atoms with van der Waals surface area (Å²) in [6.45, 7) is 2.17. The SMILES string of the molecule is CC(CO)CCCNS(=O)(=O)c1cc(F)ccc1N. The van der Waals surface area contributed by atoms with Crippen LogP contribution in [-0.2, 0) is 10.0 Å². The summed E-state index contributed by atoms with van der Waals surface area (Å²) < 4.78 is 39.2. The van der Waals surface area contributed by atoms with Crippen molar-refractivity contribution in [1.29, 1.82) is 0 Å². The van der Waals surface area contributed by atoms with Crippen LogP contribution in [-0.4, -0.2) is 26.7 Å². The Kier molecular flexibility index (Phi) is 5.71. The summed E-state index contributed by atoms with van der Waals surface area (Å²) >= 11 is 0. The fourth-order valence-corrected chi connectivity index (χ4v) is 2.78. The smallest absolute Gasteiger partial charge is 0.242 e. The number of aliphatic hydroxyl groups excluding tert-OH is 1. The summed E-state index contributed by atoms with van der Waals surface area (Å²) in [5, 5.41) is 8.84. The van der Waals surface area contributed by atoms with Gasteiger partial charge in [0.05, 0.1) is 5.69 Å². The molecule has 1 unspecified atom stereocenters. The molecule has 1 aromatic carbocycles. The van der Waals surface area contributed by atoms with Crippen molar-refractivity contribution in [3.63, 3.8) is 0 Å². The molecule has 1 rings (SSSR count). The highest BCUT2D eigenvalue weighted by Gasteiger charge is 2.17. The number of hydrogen-bond acceptors (Lipinski definition) is 4. The first-order valence-electron chi connectivity index (χ1n) is 6.02. The average molecular weight is 290 g/mol. The molecule has 4 N–H and O–H groups in total. The zero-order chi connectivity index (χ0) is 14.5. The Labute approximate surface area is 112 Å². The molecule has 0 aliphatic carbocycles. The first-order valence-corrected chi connectivity index (χ1v) is 7.50. The molecule has 7 heteroatoms. The van der Waals surface area contributed by atoms with E-state index in [2.05, 4.69) is 4.72 Å². The Morgan fingerprint density at radius 2 is 2.16 bits per heavy atom. The van der Waals surface area contributed by atoms with E-state index in [-0.39, 0.29) is 29.7 Å². The molecule has 0 radical (unpaired) electrons. The summed E-state index contributed by atoms with van der Waals surface area (Å²) in [7, 11) is -3.80. The van der Waals surface area contributed by atoms with Crippen molar-refractivity contribution in [2.45, 2.75) is 24.7 Å². The largest absolute Gasteiger partial charge is 0.398 e. The van der Waals surface area contributed by atoms with Gasteiger partial charge in [0.2, 0.25) is 10.0 Å². The molecule has 0 fully saturated rings. The second-order valence-corrected chi connectivity index (χ2v) is 6.25. The van der Waals surface area contributed by atoms with Crippen LogP contribution in [0.4, 0.5) is 10.1 Å². The highest BCUT2D eigenvalue weighted by molar-refractivity contribution is 7.89. The van der Waals surface area contributed by atoms with Crippen LogP contribution in [0.2, 0.25) is 0 Å². The minimum Gasteiger partial charge on any atom is -0.398 e. The minimum absolute atomic E-state index is 0.0117. The Morgan fingerprint density at radius 3 is 2.79 bits per heavy atom. The van der Waals surface area contributed by atoms with Crippen molar-refractivity contribution in [3.8, 4) is 0 Å². The molecule has 0 amide bonds. The van der Waals surface area contributed by atoms with Crippen LogP contribution >= 0.6 is 0 Å². The molecule has 1 aromatic rings. The van der Waals surface area contributed by atoms with Gasteiger partial charge in [-0.25, -0.2) is 17.5 Å². The van der Waals surface area contributed by atoms with Gasteiger partial charge in [-0.05, 0) is 37.0 Å². The highest BCUT2D eigenvalue weighted by atomic mass is 32.2. The maximum absolute atomic E-state index is 13.0. The van der Waals surface area contributed by atoms with Crippen molar-refractivity contribution < 1.29 is 17.9 Å². The number of hydrogen-bond donors (Lipinski definition) is 3. The summed E-state index contributed by atoms with van der Waals surface area (Å²) in [6, 6.07) is 3.23. The van der Waals surface area contributed by atoms with Gasteiger partial charge in [-0.15, -0.1) is 0 Å². The number of nitrogen functional groups attached to an aromatic ring is 1. The Bertz CT molecular complexity index is 520. The molecule has 0 saturated carbocycles. The van der Waals surface area contributed by atoms with Crippen LogP contribution in [0.3, 0.4) is 0 Å². The van der Waals surface area contributed by atoms with Crippen LogP contribution in [0.15, 0.2) is 23.1 Å². The topological polar surface area (TPSA) is 92.4 Å². The number of rotatable bonds is 7. The predicted molar refractivity (Wildman–Crippen MR) is 71.5 cm³/mol. The van der Waals surface area contributed by atoms with Crippen LogP contribution in [0.5, 0.6) is 0 Å². The van der Waals surface area contributed by atoms with Crippen molar-refractivity contribution in [3.05, 3.63) is 24.0 Å². The van der Waals surface area contributed by atoms with Crippen molar-refractivity contribution in [2.24, 2.45) is 5.92 Å². The minimum atomic E-state index is -3.80. The number of nitrogens with one attached hydrogen (secondary N) is 1. The van der Waals surface area contributed by atoms with Gasteiger partial charge in [0.25, 0.3) is 0 Å². The van der Waals surface area contributed by atoms with E-state index >= 15 is 0 Å². The third kappa shape index (κ3) is 4.77. The summed E-state index contributed by atoms with van der Waals surface area (Å²) in [4.78, 5) is -0.247. The van der Waals surface area contributed by atoms with E-state index in [0.717, 1.165) is 12.1 Å². The van der Waals surface area contributed by atoms with Gasteiger partial charge in [0.1, 0.15) is 10.7 Å².